The predicted molar refractivity (Wildman–Crippen MR) is 74.4 cm³/mol. The molecule has 0 bridgehead atoms. The van der Waals surface area contributed by atoms with Gasteiger partial charge in [0.05, 0.1) is 5.02 Å². The third-order valence-corrected chi connectivity index (χ3v) is 2.99. The number of Topliss-reactive ketones (excluding diaryl/α,β-unsaturated/α-hetero) is 1. The summed E-state index contributed by atoms with van der Waals surface area (Å²) in [7, 11) is 0. The van der Waals surface area contributed by atoms with Crippen LogP contribution >= 0.6 is 23.2 Å². The molecule has 0 fully saturated rings. The van der Waals surface area contributed by atoms with Gasteiger partial charge in [-0.15, -0.1) is 0 Å². The zero-order valence-corrected chi connectivity index (χ0v) is 11.3. The molecule has 2 rings (SSSR count). The minimum Gasteiger partial charge on any atom is -0.508 e. The van der Waals surface area contributed by atoms with Crippen molar-refractivity contribution in [2.24, 2.45) is 0 Å². The van der Waals surface area contributed by atoms with Gasteiger partial charge in [-0.25, -0.2) is 0 Å². The smallest absolute Gasteiger partial charge is 0.200 e. The summed E-state index contributed by atoms with van der Waals surface area (Å²) >= 11 is 11.7. The van der Waals surface area contributed by atoms with Crippen LogP contribution in [0.15, 0.2) is 42.5 Å². The lowest BCUT2D eigenvalue weighted by atomic mass is 10.1. The fraction of sp³-hybridized carbons (Fsp3) is 0.0714. The Balaban J connectivity index is 2.04. The van der Waals surface area contributed by atoms with Crippen LogP contribution in [0.3, 0.4) is 0 Å². The highest BCUT2D eigenvalue weighted by atomic mass is 35.5. The molecule has 0 amide bonds. The van der Waals surface area contributed by atoms with Crippen LogP contribution in [0.4, 0.5) is 0 Å². The summed E-state index contributed by atoms with van der Waals surface area (Å²) in [6.07, 6.45) is 0. The molecule has 0 atom stereocenters. The van der Waals surface area contributed by atoms with Gasteiger partial charge in [0.25, 0.3) is 0 Å². The summed E-state index contributed by atoms with van der Waals surface area (Å²) in [5.74, 6) is 0.257. The van der Waals surface area contributed by atoms with Gasteiger partial charge in [-0.05, 0) is 36.4 Å². The Bertz CT molecular complexity index is 594. The van der Waals surface area contributed by atoms with Gasteiger partial charge >= 0.3 is 0 Å². The van der Waals surface area contributed by atoms with Crippen LogP contribution in [0.1, 0.15) is 10.4 Å². The number of aromatic hydroxyl groups is 1. The summed E-state index contributed by atoms with van der Waals surface area (Å²) < 4.78 is 5.34. The first-order valence-corrected chi connectivity index (χ1v) is 6.22. The van der Waals surface area contributed by atoms with E-state index in [9.17, 15) is 4.79 Å². The lowest BCUT2D eigenvalue weighted by Crippen LogP contribution is -2.11. The molecule has 5 heteroatoms. The summed E-state index contributed by atoms with van der Waals surface area (Å²) in [6, 6.07) is 10.7. The van der Waals surface area contributed by atoms with E-state index in [1.807, 2.05) is 0 Å². The highest BCUT2D eigenvalue weighted by Crippen LogP contribution is 2.27. The number of rotatable bonds is 4. The number of carbonyl (C=O) groups excluding carboxylic acids is 1. The summed E-state index contributed by atoms with van der Waals surface area (Å²) in [4.78, 5) is 11.8. The second-order valence-electron chi connectivity index (χ2n) is 3.83. The summed E-state index contributed by atoms with van der Waals surface area (Å²) in [6.45, 7) is -0.148. The first-order chi connectivity index (χ1) is 9.06. The Hall–Kier alpha value is -1.71. The molecule has 0 radical (unpaired) electrons. The largest absolute Gasteiger partial charge is 0.508 e. The van der Waals surface area contributed by atoms with Crippen molar-refractivity contribution < 1.29 is 14.6 Å². The van der Waals surface area contributed by atoms with E-state index in [4.69, 9.17) is 33.0 Å². The van der Waals surface area contributed by atoms with Crippen molar-refractivity contribution in [3.63, 3.8) is 0 Å². The third kappa shape index (κ3) is 3.63. The Labute approximate surface area is 120 Å². The minimum atomic E-state index is -0.212. The van der Waals surface area contributed by atoms with Gasteiger partial charge in [0.15, 0.2) is 12.4 Å². The lowest BCUT2D eigenvalue weighted by Gasteiger charge is -2.07. The fourth-order valence-corrected chi connectivity index (χ4v) is 1.80. The molecular weight excluding hydrogens is 287 g/mol. The maximum atomic E-state index is 11.8. The Morgan fingerprint density at radius 1 is 1.11 bits per heavy atom. The van der Waals surface area contributed by atoms with E-state index < -0.39 is 0 Å². The van der Waals surface area contributed by atoms with Crippen LogP contribution in [-0.2, 0) is 0 Å². The van der Waals surface area contributed by atoms with Gasteiger partial charge in [-0.3, -0.25) is 4.79 Å². The predicted octanol–water partition coefficient (Wildman–Crippen LogP) is 3.96. The SMILES string of the molecule is O=C(COc1cc(Cl)ccc1Cl)c1ccc(O)cc1. The van der Waals surface area contributed by atoms with Gasteiger partial charge in [0.1, 0.15) is 11.5 Å². The molecule has 98 valence electrons. The van der Waals surface area contributed by atoms with Gasteiger partial charge < -0.3 is 9.84 Å². The Morgan fingerprint density at radius 2 is 1.79 bits per heavy atom. The second-order valence-corrected chi connectivity index (χ2v) is 4.68. The van der Waals surface area contributed by atoms with E-state index in [1.165, 1.54) is 24.3 Å². The van der Waals surface area contributed by atoms with Crippen molar-refractivity contribution in [2.75, 3.05) is 6.61 Å². The molecule has 0 aliphatic carbocycles. The van der Waals surface area contributed by atoms with E-state index in [0.29, 0.717) is 21.4 Å². The number of phenols is 1. The van der Waals surface area contributed by atoms with Crippen molar-refractivity contribution in [1.29, 1.82) is 0 Å². The lowest BCUT2D eigenvalue weighted by molar-refractivity contribution is 0.0921. The number of halogens is 2. The summed E-state index contributed by atoms with van der Waals surface area (Å²) in [5, 5.41) is 10.0. The highest BCUT2D eigenvalue weighted by Gasteiger charge is 2.09. The van der Waals surface area contributed by atoms with E-state index in [1.54, 1.807) is 18.2 Å². The second kappa shape index (κ2) is 5.95. The Kier molecular flexibility index (Phi) is 4.30. The number of ketones is 1. The molecule has 0 spiro atoms. The molecular formula is C14H10Cl2O3. The molecule has 0 aliphatic heterocycles. The van der Waals surface area contributed by atoms with Crippen LogP contribution in [0.2, 0.25) is 10.0 Å². The van der Waals surface area contributed by atoms with Crippen LogP contribution < -0.4 is 4.74 Å². The molecule has 0 aliphatic rings. The van der Waals surface area contributed by atoms with Gasteiger partial charge in [0.2, 0.25) is 0 Å². The minimum absolute atomic E-state index is 0.107. The topological polar surface area (TPSA) is 46.5 Å². The van der Waals surface area contributed by atoms with Crippen LogP contribution in [0.25, 0.3) is 0 Å². The molecule has 1 N–H and O–H groups in total. The van der Waals surface area contributed by atoms with Crippen LogP contribution in [-0.4, -0.2) is 17.5 Å². The molecule has 19 heavy (non-hydrogen) atoms. The maximum absolute atomic E-state index is 11.8. The van der Waals surface area contributed by atoms with Gasteiger partial charge in [-0.1, -0.05) is 23.2 Å². The normalized spacial score (nSPS) is 10.2. The molecule has 0 aromatic heterocycles. The van der Waals surface area contributed by atoms with E-state index >= 15 is 0 Å². The zero-order chi connectivity index (χ0) is 13.8. The molecule has 2 aromatic carbocycles. The number of ether oxygens (including phenoxy) is 1. The molecule has 2 aromatic rings. The van der Waals surface area contributed by atoms with Crippen molar-refractivity contribution >= 4 is 29.0 Å². The fourth-order valence-electron chi connectivity index (χ4n) is 1.46. The van der Waals surface area contributed by atoms with Crippen LogP contribution in [0.5, 0.6) is 11.5 Å². The van der Waals surface area contributed by atoms with Crippen molar-refractivity contribution in [3.05, 3.63) is 58.1 Å². The average molecular weight is 297 g/mol. The maximum Gasteiger partial charge on any atom is 0.200 e. The third-order valence-electron chi connectivity index (χ3n) is 2.44. The highest BCUT2D eigenvalue weighted by molar-refractivity contribution is 6.34. The quantitative estimate of drug-likeness (QED) is 0.869. The van der Waals surface area contributed by atoms with Gasteiger partial charge in [-0.2, -0.15) is 0 Å². The molecule has 0 unspecified atom stereocenters. The molecule has 0 saturated heterocycles. The Morgan fingerprint density at radius 3 is 2.47 bits per heavy atom. The first kappa shape index (κ1) is 13.7. The van der Waals surface area contributed by atoms with E-state index in [0.717, 1.165) is 0 Å². The van der Waals surface area contributed by atoms with E-state index in [2.05, 4.69) is 0 Å². The molecule has 0 heterocycles. The molecule has 3 nitrogen and oxygen atoms in total. The van der Waals surface area contributed by atoms with E-state index in [-0.39, 0.29) is 18.1 Å². The number of benzene rings is 2. The number of hydrogen-bond donors (Lipinski definition) is 1. The molecule has 0 saturated carbocycles. The van der Waals surface area contributed by atoms with Gasteiger partial charge in [0, 0.05) is 16.7 Å². The van der Waals surface area contributed by atoms with Crippen LogP contribution in [0, 0.1) is 0 Å². The monoisotopic (exact) mass is 296 g/mol. The standard InChI is InChI=1S/C14H10Cl2O3/c15-10-3-6-12(16)14(7-10)19-8-13(18)9-1-4-11(17)5-2-9/h1-7,17H,8H2. The number of phenolic OH excluding ortho intramolecular Hbond substituents is 1. The first-order valence-electron chi connectivity index (χ1n) is 5.46. The van der Waals surface area contributed by atoms with Crippen molar-refractivity contribution in [3.8, 4) is 11.5 Å². The van der Waals surface area contributed by atoms with Crippen molar-refractivity contribution in [1.82, 2.24) is 0 Å². The average Bonchev–Trinajstić information content (AvgIpc) is 2.40. The summed E-state index contributed by atoms with van der Waals surface area (Å²) in [5.41, 5.74) is 0.455. The number of hydrogen-bond acceptors (Lipinski definition) is 3. The van der Waals surface area contributed by atoms with Crippen molar-refractivity contribution in [2.45, 2.75) is 0 Å². The zero-order valence-electron chi connectivity index (χ0n) is 9.77. The number of carbonyl (C=O) groups is 1.